The molecule has 18 heavy (non-hydrogen) atoms. The zero-order valence-corrected chi connectivity index (χ0v) is 12.2. The van der Waals surface area contributed by atoms with Crippen molar-refractivity contribution in [3.05, 3.63) is 34.2 Å². The summed E-state index contributed by atoms with van der Waals surface area (Å²) < 4.78 is 3.14. The molecular weight excluding hydrogens is 296 g/mol. The molecule has 1 unspecified atom stereocenters. The molecule has 0 spiro atoms. The normalized spacial score (nSPS) is 12.9. The molecule has 1 aromatic heterocycles. The number of halogens is 1. The average Bonchev–Trinajstić information content (AvgIpc) is 2.61. The topological polar surface area (TPSA) is 44.0 Å². The van der Waals surface area contributed by atoms with E-state index in [9.17, 15) is 9.59 Å². The maximum atomic E-state index is 12.1. The van der Waals surface area contributed by atoms with Crippen molar-refractivity contribution in [3.63, 3.8) is 0 Å². The summed E-state index contributed by atoms with van der Waals surface area (Å²) in [7, 11) is 3.44. The maximum Gasteiger partial charge on any atom is 0.328 e. The zero-order valence-electron chi connectivity index (χ0n) is 10.6. The Balaban J connectivity index is 2.61. The van der Waals surface area contributed by atoms with Gasteiger partial charge < -0.3 is 0 Å². The van der Waals surface area contributed by atoms with Gasteiger partial charge in [-0.05, 0) is 24.6 Å². The van der Waals surface area contributed by atoms with Crippen molar-refractivity contribution in [1.82, 2.24) is 9.13 Å². The molecule has 96 valence electrons. The predicted octanol–water partition coefficient (Wildman–Crippen LogP) is 2.23. The number of carbonyl (C=O) groups excluding carboxylic acids is 1. The first-order chi connectivity index (χ1) is 8.47. The highest BCUT2D eigenvalue weighted by Gasteiger charge is 2.17. The minimum absolute atomic E-state index is 0.0516. The van der Waals surface area contributed by atoms with E-state index in [0.29, 0.717) is 5.56 Å². The molecule has 0 fully saturated rings. The Morgan fingerprint density at radius 3 is 2.50 bits per heavy atom. The predicted molar refractivity (Wildman–Crippen MR) is 75.5 cm³/mol. The first-order valence-corrected chi connectivity index (χ1v) is 6.72. The molecule has 1 atom stereocenters. The van der Waals surface area contributed by atoms with Gasteiger partial charge in [-0.1, -0.05) is 22.9 Å². The molecule has 4 nitrogen and oxygen atoms in total. The molecule has 2 aromatic rings. The van der Waals surface area contributed by atoms with Crippen LogP contribution in [-0.4, -0.2) is 19.7 Å². The molecule has 5 heteroatoms. The second kappa shape index (κ2) is 4.72. The summed E-state index contributed by atoms with van der Waals surface area (Å²) in [6, 6.07) is 5.37. The standard InChI is InChI=1S/C13H15BrN2O2/c1-4-9(14)12(17)8-5-6-10-11(7-8)16(3)13(18)15(10)2/h5-7,9H,4H2,1-3H3. The molecule has 0 radical (unpaired) electrons. The maximum absolute atomic E-state index is 12.1. The number of hydrogen-bond donors (Lipinski definition) is 0. The molecule has 0 saturated heterocycles. The Morgan fingerprint density at radius 1 is 1.28 bits per heavy atom. The number of aromatic nitrogens is 2. The summed E-state index contributed by atoms with van der Waals surface area (Å²) in [6.07, 6.45) is 0.741. The largest absolute Gasteiger partial charge is 0.328 e. The minimum atomic E-state index is -0.171. The van der Waals surface area contributed by atoms with E-state index in [0.717, 1.165) is 17.5 Å². The number of benzene rings is 1. The summed E-state index contributed by atoms with van der Waals surface area (Å²) in [5, 5.41) is 0. The van der Waals surface area contributed by atoms with Gasteiger partial charge in [-0.15, -0.1) is 0 Å². The van der Waals surface area contributed by atoms with E-state index in [2.05, 4.69) is 15.9 Å². The van der Waals surface area contributed by atoms with E-state index in [1.54, 1.807) is 35.4 Å². The third kappa shape index (κ3) is 1.92. The molecule has 1 heterocycles. The van der Waals surface area contributed by atoms with Crippen LogP contribution >= 0.6 is 15.9 Å². The van der Waals surface area contributed by atoms with E-state index < -0.39 is 0 Å². The molecule has 0 amide bonds. The van der Waals surface area contributed by atoms with Crippen LogP contribution < -0.4 is 5.69 Å². The molecule has 0 bridgehead atoms. The summed E-state index contributed by atoms with van der Waals surface area (Å²) in [5.74, 6) is 0.0516. The molecule has 0 saturated carbocycles. The van der Waals surface area contributed by atoms with E-state index in [1.807, 2.05) is 13.0 Å². The van der Waals surface area contributed by atoms with Gasteiger partial charge in [-0.2, -0.15) is 0 Å². The lowest BCUT2D eigenvalue weighted by atomic mass is 10.1. The lowest BCUT2D eigenvalue weighted by Gasteiger charge is -2.06. The van der Waals surface area contributed by atoms with Gasteiger partial charge >= 0.3 is 5.69 Å². The number of carbonyl (C=O) groups is 1. The van der Waals surface area contributed by atoms with E-state index >= 15 is 0 Å². The Labute approximate surface area is 113 Å². The second-order valence-electron chi connectivity index (χ2n) is 4.34. The van der Waals surface area contributed by atoms with Crippen LogP contribution in [0.2, 0.25) is 0 Å². The van der Waals surface area contributed by atoms with Gasteiger partial charge in [0.25, 0.3) is 0 Å². The first-order valence-electron chi connectivity index (χ1n) is 5.81. The number of nitrogens with zero attached hydrogens (tertiary/aromatic N) is 2. The molecule has 0 aliphatic heterocycles. The van der Waals surface area contributed by atoms with Crippen molar-refractivity contribution in [2.75, 3.05) is 0 Å². The number of fused-ring (bicyclic) bond motifs is 1. The summed E-state index contributed by atoms with van der Waals surface area (Å²) in [6.45, 7) is 1.95. The van der Waals surface area contributed by atoms with Gasteiger partial charge in [-0.25, -0.2) is 4.79 Å². The van der Waals surface area contributed by atoms with Crippen molar-refractivity contribution in [1.29, 1.82) is 0 Å². The van der Waals surface area contributed by atoms with Gasteiger partial charge in [0.1, 0.15) is 0 Å². The highest BCUT2D eigenvalue weighted by Crippen LogP contribution is 2.18. The number of Topliss-reactive ketones (excluding diaryl/α,β-unsaturated/α-hetero) is 1. The molecule has 0 aliphatic carbocycles. The minimum Gasteiger partial charge on any atom is -0.295 e. The second-order valence-corrected chi connectivity index (χ2v) is 5.45. The van der Waals surface area contributed by atoms with Crippen LogP contribution in [0.5, 0.6) is 0 Å². The molecule has 1 aromatic carbocycles. The highest BCUT2D eigenvalue weighted by atomic mass is 79.9. The molecule has 0 N–H and O–H groups in total. The Kier molecular flexibility index (Phi) is 3.43. The fraction of sp³-hybridized carbons (Fsp3) is 0.385. The van der Waals surface area contributed by atoms with Gasteiger partial charge in [-0.3, -0.25) is 13.9 Å². The number of ketones is 1. The van der Waals surface area contributed by atoms with Crippen LogP contribution in [0, 0.1) is 0 Å². The lowest BCUT2D eigenvalue weighted by Crippen LogP contribution is -2.19. The Hall–Kier alpha value is -1.36. The van der Waals surface area contributed by atoms with E-state index in [4.69, 9.17) is 0 Å². The number of hydrogen-bond acceptors (Lipinski definition) is 2. The van der Waals surface area contributed by atoms with Crippen LogP contribution in [0.15, 0.2) is 23.0 Å². The highest BCUT2D eigenvalue weighted by molar-refractivity contribution is 9.10. The van der Waals surface area contributed by atoms with Crippen LogP contribution in [0.3, 0.4) is 0 Å². The monoisotopic (exact) mass is 310 g/mol. The number of imidazole rings is 1. The van der Waals surface area contributed by atoms with Crippen LogP contribution in [0.4, 0.5) is 0 Å². The number of aryl methyl sites for hydroxylation is 2. The Morgan fingerprint density at radius 2 is 1.89 bits per heavy atom. The van der Waals surface area contributed by atoms with Gasteiger partial charge in [0.05, 0.1) is 15.9 Å². The fourth-order valence-electron chi connectivity index (χ4n) is 2.03. The Bertz CT molecular complexity index is 669. The number of rotatable bonds is 3. The molecule has 2 rings (SSSR count). The van der Waals surface area contributed by atoms with E-state index in [-0.39, 0.29) is 16.3 Å². The van der Waals surface area contributed by atoms with E-state index in [1.165, 1.54) is 0 Å². The van der Waals surface area contributed by atoms with Crippen molar-refractivity contribution >= 4 is 32.7 Å². The third-order valence-corrected chi connectivity index (χ3v) is 4.26. The summed E-state index contributed by atoms with van der Waals surface area (Å²) in [4.78, 5) is 23.7. The first kappa shape index (κ1) is 13.1. The van der Waals surface area contributed by atoms with Crippen LogP contribution in [-0.2, 0) is 14.1 Å². The summed E-state index contributed by atoms with van der Waals surface area (Å²) in [5.41, 5.74) is 2.17. The van der Waals surface area contributed by atoms with Gasteiger partial charge in [0.2, 0.25) is 0 Å². The molecule has 0 aliphatic rings. The molecular formula is C13H15BrN2O2. The summed E-state index contributed by atoms with van der Waals surface area (Å²) >= 11 is 3.36. The van der Waals surface area contributed by atoms with Crippen molar-refractivity contribution < 1.29 is 4.79 Å². The zero-order chi connectivity index (χ0) is 13.4. The quantitative estimate of drug-likeness (QED) is 0.644. The van der Waals surface area contributed by atoms with Crippen LogP contribution in [0.25, 0.3) is 11.0 Å². The lowest BCUT2D eigenvalue weighted by molar-refractivity contribution is 0.0990. The van der Waals surface area contributed by atoms with Crippen LogP contribution in [0.1, 0.15) is 23.7 Å². The number of alkyl halides is 1. The van der Waals surface area contributed by atoms with Gasteiger partial charge in [0.15, 0.2) is 5.78 Å². The average molecular weight is 311 g/mol. The van der Waals surface area contributed by atoms with Crippen molar-refractivity contribution in [2.24, 2.45) is 14.1 Å². The van der Waals surface area contributed by atoms with Crippen molar-refractivity contribution in [3.8, 4) is 0 Å². The SMILES string of the molecule is CCC(Br)C(=O)c1ccc2c(c1)n(C)c(=O)n2C. The fourth-order valence-corrected chi connectivity index (χ4v) is 2.29. The third-order valence-electron chi connectivity index (χ3n) is 3.20. The van der Waals surface area contributed by atoms with Gasteiger partial charge in [0, 0.05) is 19.7 Å². The van der Waals surface area contributed by atoms with Crippen molar-refractivity contribution in [2.45, 2.75) is 18.2 Å². The smallest absolute Gasteiger partial charge is 0.295 e.